The quantitative estimate of drug-likeness (QED) is 0.164. The highest BCUT2D eigenvalue weighted by molar-refractivity contribution is 5.80. The Kier molecular flexibility index (Phi) is 11.4. The Morgan fingerprint density at radius 3 is 1.39 bits per heavy atom. The van der Waals surface area contributed by atoms with E-state index in [0.29, 0.717) is 0 Å². The zero-order valence-corrected chi connectivity index (χ0v) is 20.2. The number of hydrogen-bond donors (Lipinski definition) is 6. The minimum atomic E-state index is -1.87. The lowest BCUT2D eigenvalue weighted by Gasteiger charge is -2.46. The SMILES string of the molecule is O=C(O)CN1CCN(CC(=O)O)CCN([C@@]2(C(=O)O)C(O)CCN2CCO)CCN(CC(=O)O)CC1. The van der Waals surface area contributed by atoms with Gasteiger partial charge in [-0.1, -0.05) is 0 Å². The van der Waals surface area contributed by atoms with Crippen LogP contribution in [0.4, 0.5) is 0 Å². The summed E-state index contributed by atoms with van der Waals surface area (Å²) in [5, 5.41) is 58.7. The van der Waals surface area contributed by atoms with Crippen LogP contribution in [0.15, 0.2) is 0 Å². The van der Waals surface area contributed by atoms with Gasteiger partial charge in [0, 0.05) is 65.4 Å². The van der Waals surface area contributed by atoms with Gasteiger partial charge in [0.15, 0.2) is 0 Å². The third-order valence-corrected chi connectivity index (χ3v) is 6.70. The molecule has 2 saturated heterocycles. The second-order valence-corrected chi connectivity index (χ2v) is 9.04. The number of aliphatic carboxylic acids is 4. The summed E-state index contributed by atoms with van der Waals surface area (Å²) in [6.07, 6.45) is -1.13. The molecule has 15 heteroatoms. The molecule has 2 aliphatic heterocycles. The van der Waals surface area contributed by atoms with Gasteiger partial charge in [-0.25, -0.2) is 4.79 Å². The Morgan fingerprint density at radius 2 is 1.06 bits per heavy atom. The monoisotopic (exact) mass is 519 g/mol. The Bertz CT molecular complexity index is 752. The van der Waals surface area contributed by atoms with E-state index < -0.39 is 35.6 Å². The molecular formula is C21H37N5O10. The Hall–Kier alpha value is -2.40. The highest BCUT2D eigenvalue weighted by Crippen LogP contribution is 2.33. The van der Waals surface area contributed by atoms with E-state index >= 15 is 0 Å². The van der Waals surface area contributed by atoms with E-state index in [1.165, 1.54) is 9.80 Å². The highest BCUT2D eigenvalue weighted by atomic mass is 16.4. The number of hydrogen-bond acceptors (Lipinski definition) is 11. The first-order valence-electron chi connectivity index (χ1n) is 11.9. The van der Waals surface area contributed by atoms with Gasteiger partial charge in [0.25, 0.3) is 0 Å². The molecule has 15 nitrogen and oxygen atoms in total. The second kappa shape index (κ2) is 13.8. The predicted molar refractivity (Wildman–Crippen MR) is 123 cm³/mol. The number of aliphatic hydroxyl groups excluding tert-OH is 2. The second-order valence-electron chi connectivity index (χ2n) is 9.04. The molecule has 0 bridgehead atoms. The van der Waals surface area contributed by atoms with Crippen molar-refractivity contribution in [3.05, 3.63) is 0 Å². The Balaban J connectivity index is 2.40. The van der Waals surface area contributed by atoms with Crippen LogP contribution in [-0.4, -0.2) is 182 Å². The molecule has 1 unspecified atom stereocenters. The van der Waals surface area contributed by atoms with Crippen molar-refractivity contribution in [2.45, 2.75) is 18.2 Å². The summed E-state index contributed by atoms with van der Waals surface area (Å²) in [5.74, 6) is -4.57. The van der Waals surface area contributed by atoms with Crippen LogP contribution in [0.25, 0.3) is 0 Å². The normalized spacial score (nSPS) is 26.8. The van der Waals surface area contributed by atoms with Crippen LogP contribution in [0.2, 0.25) is 0 Å². The molecule has 0 radical (unpaired) electrons. The lowest BCUT2D eigenvalue weighted by atomic mass is 10.0. The van der Waals surface area contributed by atoms with Gasteiger partial charge in [-0.3, -0.25) is 38.9 Å². The van der Waals surface area contributed by atoms with E-state index in [9.17, 15) is 49.8 Å². The van der Waals surface area contributed by atoms with Crippen LogP contribution >= 0.6 is 0 Å². The summed E-state index contributed by atoms with van der Waals surface area (Å²) in [5.41, 5.74) is -1.87. The van der Waals surface area contributed by atoms with Crippen molar-refractivity contribution in [1.29, 1.82) is 0 Å². The number of carboxylic acids is 4. The summed E-state index contributed by atoms with van der Waals surface area (Å²) in [6.45, 7) is 0.0281. The maximum Gasteiger partial charge on any atom is 0.342 e. The molecular weight excluding hydrogens is 482 g/mol. The van der Waals surface area contributed by atoms with Gasteiger partial charge < -0.3 is 30.6 Å². The summed E-state index contributed by atoms with van der Waals surface area (Å²) in [6, 6.07) is 0. The fourth-order valence-corrected chi connectivity index (χ4v) is 5.01. The molecule has 0 aromatic heterocycles. The Labute approximate surface area is 208 Å². The van der Waals surface area contributed by atoms with Crippen molar-refractivity contribution in [3.63, 3.8) is 0 Å². The lowest BCUT2D eigenvalue weighted by Crippen LogP contribution is -2.69. The number of carbonyl (C=O) groups is 4. The van der Waals surface area contributed by atoms with E-state index in [0.717, 1.165) is 0 Å². The van der Waals surface area contributed by atoms with Gasteiger partial charge >= 0.3 is 23.9 Å². The molecule has 0 amide bonds. The van der Waals surface area contributed by atoms with Gasteiger partial charge in [0.05, 0.1) is 32.3 Å². The maximum absolute atomic E-state index is 12.7. The topological polar surface area (TPSA) is 206 Å². The first kappa shape index (κ1) is 29.8. The molecule has 0 aromatic carbocycles. The van der Waals surface area contributed by atoms with Crippen LogP contribution < -0.4 is 0 Å². The van der Waals surface area contributed by atoms with Crippen LogP contribution in [0.3, 0.4) is 0 Å². The van der Waals surface area contributed by atoms with Gasteiger partial charge in [0.2, 0.25) is 5.66 Å². The zero-order chi connectivity index (χ0) is 26.9. The molecule has 0 saturated carbocycles. The smallest absolute Gasteiger partial charge is 0.342 e. The van der Waals surface area contributed by atoms with Crippen molar-refractivity contribution in [2.75, 3.05) is 91.7 Å². The van der Waals surface area contributed by atoms with Gasteiger partial charge in [-0.05, 0) is 6.42 Å². The third-order valence-electron chi connectivity index (χ3n) is 6.70. The molecule has 6 N–H and O–H groups in total. The number of carboxylic acid groups (broad SMARTS) is 4. The molecule has 2 rings (SSSR count). The lowest BCUT2D eigenvalue weighted by molar-refractivity contribution is -0.178. The van der Waals surface area contributed by atoms with E-state index in [2.05, 4.69) is 0 Å². The average molecular weight is 520 g/mol. The standard InChI is InChI=1S/C21H37N5O10/c27-12-11-25-2-1-16(28)21(25,20(35)36)26-9-7-23(14-18(31)32)5-3-22(13-17(29)30)4-6-24(8-10-26)15-19(33)34/h16,27-28H,1-15H2,(H,29,30)(H,31,32)(H,33,34)(H,35,36)/t16?,21-/m1/s1. The first-order chi connectivity index (χ1) is 17.0. The van der Waals surface area contributed by atoms with E-state index in [1.54, 1.807) is 14.7 Å². The van der Waals surface area contributed by atoms with Crippen molar-refractivity contribution in [2.24, 2.45) is 0 Å². The summed E-state index contributed by atoms with van der Waals surface area (Å²) in [4.78, 5) is 54.6. The number of aliphatic hydroxyl groups is 2. The van der Waals surface area contributed by atoms with E-state index in [-0.39, 0.29) is 98.1 Å². The molecule has 2 aliphatic rings. The molecule has 0 aliphatic carbocycles. The number of likely N-dealkylation sites (tertiary alicyclic amines) is 1. The molecule has 2 fully saturated rings. The van der Waals surface area contributed by atoms with Crippen LogP contribution in [0.5, 0.6) is 0 Å². The molecule has 2 heterocycles. The molecule has 0 aromatic rings. The fourth-order valence-electron chi connectivity index (χ4n) is 5.01. The van der Waals surface area contributed by atoms with Gasteiger partial charge in [0.1, 0.15) is 0 Å². The van der Waals surface area contributed by atoms with E-state index in [1.807, 2.05) is 0 Å². The van der Waals surface area contributed by atoms with E-state index in [4.69, 9.17) is 0 Å². The number of β-amino-alcohol motifs (C(OH)–C–C–N with tert-alkyl or cyclic N) is 1. The Morgan fingerprint density at radius 1 is 0.667 bits per heavy atom. The first-order valence-corrected chi connectivity index (χ1v) is 11.9. The van der Waals surface area contributed by atoms with Crippen LogP contribution in [0, 0.1) is 0 Å². The molecule has 206 valence electrons. The highest BCUT2D eigenvalue weighted by Gasteiger charge is 2.58. The van der Waals surface area contributed by atoms with Crippen molar-refractivity contribution in [1.82, 2.24) is 24.5 Å². The number of nitrogens with zero attached hydrogens (tertiary/aromatic N) is 5. The molecule has 0 spiro atoms. The third kappa shape index (κ3) is 7.80. The minimum Gasteiger partial charge on any atom is -0.480 e. The summed E-state index contributed by atoms with van der Waals surface area (Å²) < 4.78 is 0. The van der Waals surface area contributed by atoms with Crippen LogP contribution in [-0.2, 0) is 19.2 Å². The van der Waals surface area contributed by atoms with Crippen molar-refractivity contribution >= 4 is 23.9 Å². The molecule has 36 heavy (non-hydrogen) atoms. The average Bonchev–Trinajstić information content (AvgIpc) is 3.10. The van der Waals surface area contributed by atoms with Crippen molar-refractivity contribution in [3.8, 4) is 0 Å². The summed E-state index contributed by atoms with van der Waals surface area (Å²) >= 11 is 0. The van der Waals surface area contributed by atoms with Gasteiger partial charge in [-0.15, -0.1) is 0 Å². The predicted octanol–water partition coefficient (Wildman–Crippen LogP) is -3.70. The minimum absolute atomic E-state index is 0.00168. The maximum atomic E-state index is 12.7. The molecule has 2 atom stereocenters. The zero-order valence-electron chi connectivity index (χ0n) is 20.2. The fraction of sp³-hybridized carbons (Fsp3) is 0.810. The summed E-state index contributed by atoms with van der Waals surface area (Å²) in [7, 11) is 0. The largest absolute Gasteiger partial charge is 0.480 e. The van der Waals surface area contributed by atoms with Crippen LogP contribution in [0.1, 0.15) is 6.42 Å². The van der Waals surface area contributed by atoms with Crippen molar-refractivity contribution < 1.29 is 49.8 Å². The number of rotatable bonds is 10. The van der Waals surface area contributed by atoms with Gasteiger partial charge in [-0.2, -0.15) is 0 Å².